The van der Waals surface area contributed by atoms with E-state index in [1.807, 2.05) is 26.0 Å². The Morgan fingerprint density at radius 3 is 2.43 bits per heavy atom. The first-order valence-corrected chi connectivity index (χ1v) is 8.50. The molecule has 0 aliphatic heterocycles. The highest BCUT2D eigenvalue weighted by atomic mass is 32.2. The first kappa shape index (κ1) is 18.1. The molecule has 2 N–H and O–H groups in total. The lowest BCUT2D eigenvalue weighted by molar-refractivity contribution is 0.141. The largest absolute Gasteiger partial charge is 0.383 e. The maximum absolute atomic E-state index is 12.6. The zero-order valence-corrected chi connectivity index (χ0v) is 14.3. The molecule has 21 heavy (non-hydrogen) atoms. The third-order valence-corrected chi connectivity index (χ3v) is 4.68. The van der Waals surface area contributed by atoms with Gasteiger partial charge in [0.05, 0.1) is 17.0 Å². The second kappa shape index (κ2) is 7.35. The van der Waals surface area contributed by atoms with E-state index in [0.717, 1.165) is 5.56 Å². The number of ether oxygens (including phenoxy) is 1. The fraction of sp³-hybridized carbons (Fsp3) is 0.600. The van der Waals surface area contributed by atoms with E-state index >= 15 is 0 Å². The van der Waals surface area contributed by atoms with Crippen LogP contribution < -0.4 is 10.0 Å². The topological polar surface area (TPSA) is 67.4 Å². The van der Waals surface area contributed by atoms with Crippen molar-refractivity contribution in [2.45, 2.75) is 50.7 Å². The third kappa shape index (κ3) is 5.74. The summed E-state index contributed by atoms with van der Waals surface area (Å²) in [5, 5.41) is 3.25. The summed E-state index contributed by atoms with van der Waals surface area (Å²) < 4.78 is 32.9. The molecule has 5 nitrogen and oxygen atoms in total. The number of hydrogen-bond acceptors (Lipinski definition) is 4. The van der Waals surface area contributed by atoms with Crippen LogP contribution in [0.5, 0.6) is 0 Å². The highest BCUT2D eigenvalue weighted by Crippen LogP contribution is 2.18. The molecule has 0 unspecified atom stereocenters. The van der Waals surface area contributed by atoms with Gasteiger partial charge in [0.1, 0.15) is 0 Å². The van der Waals surface area contributed by atoms with Gasteiger partial charge in [0.25, 0.3) is 0 Å². The van der Waals surface area contributed by atoms with E-state index in [0.29, 0.717) is 24.1 Å². The number of methoxy groups -OCH3 is 1. The van der Waals surface area contributed by atoms with Crippen LogP contribution in [0.1, 0.15) is 33.3 Å². The fourth-order valence-electron chi connectivity index (χ4n) is 2.04. The summed E-state index contributed by atoms with van der Waals surface area (Å²) in [4.78, 5) is 0.308. The van der Waals surface area contributed by atoms with Crippen molar-refractivity contribution in [3.8, 4) is 0 Å². The molecular weight excluding hydrogens is 288 g/mol. The first-order valence-electron chi connectivity index (χ1n) is 7.02. The van der Waals surface area contributed by atoms with Gasteiger partial charge in [-0.1, -0.05) is 32.0 Å². The Bertz CT molecular complexity index is 554. The van der Waals surface area contributed by atoms with Crippen LogP contribution in [0.2, 0.25) is 0 Å². The normalized spacial score (nSPS) is 12.9. The van der Waals surface area contributed by atoms with E-state index in [9.17, 15) is 8.42 Å². The Hall–Kier alpha value is -0.950. The van der Waals surface area contributed by atoms with Crippen molar-refractivity contribution in [1.29, 1.82) is 0 Å². The van der Waals surface area contributed by atoms with Gasteiger partial charge in [-0.05, 0) is 25.5 Å². The smallest absolute Gasteiger partial charge is 0.241 e. The summed E-state index contributed by atoms with van der Waals surface area (Å²) in [6.45, 7) is 8.46. The Labute approximate surface area is 128 Å². The molecule has 0 spiro atoms. The molecule has 0 aromatic heterocycles. The van der Waals surface area contributed by atoms with Crippen LogP contribution in [0, 0.1) is 0 Å². The number of hydrogen-bond donors (Lipinski definition) is 2. The van der Waals surface area contributed by atoms with Gasteiger partial charge in [-0.2, -0.15) is 0 Å². The first-order chi connectivity index (χ1) is 9.68. The second-order valence-corrected chi connectivity index (χ2v) is 7.72. The Balaban J connectivity index is 3.03. The van der Waals surface area contributed by atoms with Crippen LogP contribution in [0.3, 0.4) is 0 Å². The van der Waals surface area contributed by atoms with Crippen LogP contribution in [0.25, 0.3) is 0 Å². The summed E-state index contributed by atoms with van der Waals surface area (Å²) in [7, 11) is -2.04. The number of sulfonamides is 1. The lowest BCUT2D eigenvalue weighted by atomic mass is 10.1. The summed E-state index contributed by atoms with van der Waals surface area (Å²) in [6.07, 6.45) is 0. The van der Waals surface area contributed by atoms with E-state index in [4.69, 9.17) is 4.74 Å². The standard InChI is InChI=1S/C15H26N2O3S/c1-12(2)16-10-13-8-6-7-9-14(13)21(18,19)17-15(3,4)11-20-5/h6-9,12,16-17H,10-11H2,1-5H3. The van der Waals surface area contributed by atoms with Crippen molar-refractivity contribution in [3.63, 3.8) is 0 Å². The molecule has 0 saturated carbocycles. The molecule has 0 radical (unpaired) electrons. The number of nitrogens with one attached hydrogen (secondary N) is 2. The van der Waals surface area contributed by atoms with Gasteiger partial charge in [0, 0.05) is 19.7 Å². The van der Waals surface area contributed by atoms with E-state index in [-0.39, 0.29) is 0 Å². The van der Waals surface area contributed by atoms with Crippen molar-refractivity contribution < 1.29 is 13.2 Å². The molecule has 0 bridgehead atoms. The number of rotatable bonds is 8. The predicted molar refractivity (Wildman–Crippen MR) is 84.7 cm³/mol. The molecule has 0 atom stereocenters. The van der Waals surface area contributed by atoms with Crippen LogP contribution in [-0.2, 0) is 21.3 Å². The predicted octanol–water partition coefficient (Wildman–Crippen LogP) is 1.89. The molecule has 0 fully saturated rings. The molecule has 120 valence electrons. The minimum Gasteiger partial charge on any atom is -0.383 e. The van der Waals surface area contributed by atoms with Gasteiger partial charge in [0.15, 0.2) is 0 Å². The van der Waals surface area contributed by atoms with Gasteiger partial charge < -0.3 is 10.1 Å². The molecule has 0 saturated heterocycles. The van der Waals surface area contributed by atoms with Crippen molar-refractivity contribution in [2.75, 3.05) is 13.7 Å². The zero-order chi connectivity index (χ0) is 16.1. The minimum atomic E-state index is -3.59. The summed E-state index contributed by atoms with van der Waals surface area (Å²) >= 11 is 0. The average Bonchev–Trinajstić information content (AvgIpc) is 2.35. The van der Waals surface area contributed by atoms with Crippen molar-refractivity contribution in [1.82, 2.24) is 10.0 Å². The SMILES string of the molecule is COCC(C)(C)NS(=O)(=O)c1ccccc1CNC(C)C. The van der Waals surface area contributed by atoms with Gasteiger partial charge in [-0.3, -0.25) is 0 Å². The average molecular weight is 314 g/mol. The molecule has 1 aromatic rings. The maximum Gasteiger partial charge on any atom is 0.241 e. The monoisotopic (exact) mass is 314 g/mol. The van der Waals surface area contributed by atoms with Gasteiger partial charge in [0.2, 0.25) is 10.0 Å². The van der Waals surface area contributed by atoms with E-state index in [1.54, 1.807) is 33.1 Å². The van der Waals surface area contributed by atoms with Crippen molar-refractivity contribution in [2.24, 2.45) is 0 Å². The van der Waals surface area contributed by atoms with Gasteiger partial charge in [-0.15, -0.1) is 0 Å². The molecule has 0 aliphatic carbocycles. The van der Waals surface area contributed by atoms with Crippen molar-refractivity contribution in [3.05, 3.63) is 29.8 Å². The van der Waals surface area contributed by atoms with Crippen molar-refractivity contribution >= 4 is 10.0 Å². The molecule has 1 rings (SSSR count). The van der Waals surface area contributed by atoms with Crippen LogP contribution in [-0.4, -0.2) is 33.7 Å². The minimum absolute atomic E-state index is 0.290. The van der Waals surface area contributed by atoms with Crippen LogP contribution in [0.4, 0.5) is 0 Å². The maximum atomic E-state index is 12.6. The van der Waals surface area contributed by atoms with Crippen LogP contribution >= 0.6 is 0 Å². The molecule has 0 heterocycles. The number of benzene rings is 1. The molecule has 0 amide bonds. The Kier molecular flexibility index (Phi) is 6.34. The fourth-order valence-corrected chi connectivity index (χ4v) is 3.67. The van der Waals surface area contributed by atoms with Crippen LogP contribution in [0.15, 0.2) is 29.2 Å². The quantitative estimate of drug-likeness (QED) is 0.769. The van der Waals surface area contributed by atoms with Gasteiger partial charge in [-0.25, -0.2) is 13.1 Å². The highest BCUT2D eigenvalue weighted by molar-refractivity contribution is 7.89. The lowest BCUT2D eigenvalue weighted by Gasteiger charge is -2.25. The third-order valence-electron chi connectivity index (χ3n) is 2.88. The summed E-state index contributed by atoms with van der Waals surface area (Å²) in [5.41, 5.74) is 0.0959. The Morgan fingerprint density at radius 2 is 1.86 bits per heavy atom. The molecule has 6 heteroatoms. The summed E-state index contributed by atoms with van der Waals surface area (Å²) in [5.74, 6) is 0. The lowest BCUT2D eigenvalue weighted by Crippen LogP contribution is -2.46. The van der Waals surface area contributed by atoms with Gasteiger partial charge >= 0.3 is 0 Å². The molecule has 0 aliphatic rings. The zero-order valence-electron chi connectivity index (χ0n) is 13.4. The van der Waals surface area contributed by atoms with E-state index < -0.39 is 15.6 Å². The summed E-state index contributed by atoms with van der Waals surface area (Å²) in [6, 6.07) is 7.32. The van der Waals surface area contributed by atoms with E-state index in [1.165, 1.54) is 0 Å². The Morgan fingerprint density at radius 1 is 1.24 bits per heavy atom. The van der Waals surface area contributed by atoms with E-state index in [2.05, 4.69) is 10.0 Å². The highest BCUT2D eigenvalue weighted by Gasteiger charge is 2.27. The molecule has 1 aromatic carbocycles. The molecular formula is C15H26N2O3S. The second-order valence-electron chi connectivity index (χ2n) is 6.07.